The Balaban J connectivity index is 1.22. The molecule has 2 aliphatic rings. The number of hydrogen-bond donors (Lipinski definition) is 0. The second-order valence-corrected chi connectivity index (χ2v) is 9.43. The third-order valence-corrected chi connectivity index (χ3v) is 6.07. The molecule has 0 radical (unpaired) electrons. The van der Waals surface area contributed by atoms with Crippen molar-refractivity contribution in [1.29, 1.82) is 0 Å². The van der Waals surface area contributed by atoms with Crippen LogP contribution < -0.4 is 9.57 Å². The molecular formula is C24H30N4O5. The van der Waals surface area contributed by atoms with Crippen molar-refractivity contribution >= 4 is 17.9 Å². The lowest BCUT2D eigenvalue weighted by Crippen LogP contribution is -2.46. The van der Waals surface area contributed by atoms with Crippen LogP contribution in [0.4, 0.5) is 4.79 Å². The Morgan fingerprint density at radius 2 is 1.76 bits per heavy atom. The Kier molecular flexibility index (Phi) is 6.67. The van der Waals surface area contributed by atoms with Crippen LogP contribution in [0.2, 0.25) is 0 Å². The number of aromatic nitrogens is 2. The van der Waals surface area contributed by atoms with Gasteiger partial charge < -0.3 is 14.5 Å². The van der Waals surface area contributed by atoms with Gasteiger partial charge in [0.15, 0.2) is 0 Å². The van der Waals surface area contributed by atoms with Crippen LogP contribution in [0.5, 0.6) is 5.75 Å². The monoisotopic (exact) mass is 454 g/mol. The van der Waals surface area contributed by atoms with Gasteiger partial charge in [-0.25, -0.2) is 9.78 Å². The Bertz CT molecular complexity index is 959. The number of amides is 3. The molecule has 33 heavy (non-hydrogen) atoms. The zero-order valence-corrected chi connectivity index (χ0v) is 19.1. The smallest absolute Gasteiger partial charge is 0.410 e. The number of benzene rings is 1. The van der Waals surface area contributed by atoms with Gasteiger partial charge in [-0.2, -0.15) is 4.73 Å². The van der Waals surface area contributed by atoms with E-state index < -0.39 is 0 Å². The minimum absolute atomic E-state index is 0.0345. The van der Waals surface area contributed by atoms with E-state index in [9.17, 15) is 14.4 Å². The average molecular weight is 455 g/mol. The molecule has 3 amide bonds. The van der Waals surface area contributed by atoms with Gasteiger partial charge in [-0.1, -0.05) is 26.0 Å². The zero-order chi connectivity index (χ0) is 23.4. The summed E-state index contributed by atoms with van der Waals surface area (Å²) in [5.74, 6) is 0.245. The Labute approximate surface area is 193 Å². The molecule has 0 unspecified atom stereocenters. The minimum atomic E-state index is -0.379. The average Bonchev–Trinajstić information content (AvgIpc) is 3.27. The predicted octanol–water partition coefficient (Wildman–Crippen LogP) is 2.69. The summed E-state index contributed by atoms with van der Waals surface area (Å²) in [5.41, 5.74) is 0.705. The summed E-state index contributed by atoms with van der Waals surface area (Å²) in [4.78, 5) is 49.9. The first-order valence-electron chi connectivity index (χ1n) is 11.3. The normalized spacial score (nSPS) is 19.0. The van der Waals surface area contributed by atoms with Gasteiger partial charge in [-0.05, 0) is 29.5 Å². The van der Waals surface area contributed by atoms with Crippen molar-refractivity contribution in [3.05, 3.63) is 48.5 Å². The van der Waals surface area contributed by atoms with Gasteiger partial charge in [-0.3, -0.25) is 14.5 Å². The van der Waals surface area contributed by atoms with Crippen LogP contribution in [0.15, 0.2) is 43.0 Å². The summed E-state index contributed by atoms with van der Waals surface area (Å²) in [5, 5.41) is 0. The van der Waals surface area contributed by atoms with Gasteiger partial charge in [-0.15, -0.1) is 0 Å². The van der Waals surface area contributed by atoms with E-state index in [0.717, 1.165) is 18.4 Å². The summed E-state index contributed by atoms with van der Waals surface area (Å²) < 4.78 is 7.10. The first-order valence-corrected chi connectivity index (χ1v) is 11.3. The van der Waals surface area contributed by atoms with Crippen LogP contribution >= 0.6 is 0 Å². The Hall–Kier alpha value is -3.36. The molecule has 0 saturated carbocycles. The van der Waals surface area contributed by atoms with Crippen molar-refractivity contribution in [2.24, 2.45) is 5.41 Å². The molecule has 2 fully saturated rings. The fraction of sp³-hybridized carbons (Fsp3) is 0.500. The van der Waals surface area contributed by atoms with Crippen LogP contribution in [0.3, 0.4) is 0 Å². The standard InChI is InChI=1S/C24H30N4O5/c1-24(2)15-21(29)28(22(30)16-24)13-7-18-3-5-19(6-4-18)32-23(31)26-11-8-20(9-12-26)33-27-14-10-25-17-27/h3-6,10,14,17,20H,7-9,11-13,15-16H2,1-2H3. The molecule has 176 valence electrons. The van der Waals surface area contributed by atoms with E-state index >= 15 is 0 Å². The van der Waals surface area contributed by atoms with Gasteiger partial charge >= 0.3 is 6.09 Å². The van der Waals surface area contributed by atoms with Crippen molar-refractivity contribution in [1.82, 2.24) is 19.5 Å². The largest absolute Gasteiger partial charge is 0.415 e. The number of carbonyl (C=O) groups is 3. The molecule has 3 heterocycles. The molecular weight excluding hydrogens is 424 g/mol. The second kappa shape index (κ2) is 9.64. The Morgan fingerprint density at radius 3 is 2.36 bits per heavy atom. The first-order chi connectivity index (χ1) is 15.8. The number of hydrogen-bond acceptors (Lipinski definition) is 6. The SMILES string of the molecule is CC1(C)CC(=O)N(CCc2ccc(OC(=O)N3CCC(On4ccnc4)CC3)cc2)C(=O)C1. The molecule has 0 bridgehead atoms. The van der Waals surface area contributed by atoms with Crippen LogP contribution in [0.25, 0.3) is 0 Å². The van der Waals surface area contributed by atoms with E-state index in [1.165, 1.54) is 4.90 Å². The summed E-state index contributed by atoms with van der Waals surface area (Å²) in [6, 6.07) is 7.20. The van der Waals surface area contributed by atoms with Gasteiger partial charge in [0, 0.05) is 51.5 Å². The first kappa shape index (κ1) is 22.8. The highest BCUT2D eigenvalue weighted by molar-refractivity contribution is 5.98. The quantitative estimate of drug-likeness (QED) is 0.623. The summed E-state index contributed by atoms with van der Waals surface area (Å²) >= 11 is 0. The molecule has 9 nitrogen and oxygen atoms in total. The number of imide groups is 1. The van der Waals surface area contributed by atoms with E-state index in [1.807, 2.05) is 26.0 Å². The van der Waals surface area contributed by atoms with E-state index in [1.54, 1.807) is 40.5 Å². The maximum Gasteiger partial charge on any atom is 0.415 e. The fourth-order valence-corrected chi connectivity index (χ4v) is 4.22. The molecule has 2 saturated heterocycles. The molecule has 1 aromatic carbocycles. The van der Waals surface area contributed by atoms with Gasteiger partial charge in [0.05, 0.1) is 6.20 Å². The maximum absolute atomic E-state index is 12.5. The van der Waals surface area contributed by atoms with Gasteiger partial charge in [0.25, 0.3) is 0 Å². The third kappa shape index (κ3) is 5.91. The van der Waals surface area contributed by atoms with Gasteiger partial charge in [0.1, 0.15) is 18.2 Å². The minimum Gasteiger partial charge on any atom is -0.410 e. The number of likely N-dealkylation sites (tertiary alicyclic amines) is 2. The highest BCUT2D eigenvalue weighted by Crippen LogP contribution is 2.31. The molecule has 2 aromatic rings. The van der Waals surface area contributed by atoms with Crippen LogP contribution in [0.1, 0.15) is 45.1 Å². The van der Waals surface area contributed by atoms with E-state index in [-0.39, 0.29) is 29.4 Å². The van der Waals surface area contributed by atoms with Crippen LogP contribution in [-0.2, 0) is 16.0 Å². The van der Waals surface area contributed by atoms with Crippen molar-refractivity contribution < 1.29 is 24.0 Å². The van der Waals surface area contributed by atoms with Crippen molar-refractivity contribution in [3.63, 3.8) is 0 Å². The topological polar surface area (TPSA) is 94.0 Å². The lowest BCUT2D eigenvalue weighted by molar-refractivity contribution is -0.152. The van der Waals surface area contributed by atoms with Crippen molar-refractivity contribution in [2.45, 2.75) is 52.1 Å². The molecule has 9 heteroatoms. The second-order valence-electron chi connectivity index (χ2n) is 9.43. The fourth-order valence-electron chi connectivity index (χ4n) is 4.22. The molecule has 0 spiro atoms. The van der Waals surface area contributed by atoms with E-state index in [4.69, 9.17) is 9.57 Å². The highest BCUT2D eigenvalue weighted by Gasteiger charge is 2.37. The molecule has 0 aliphatic carbocycles. The van der Waals surface area contributed by atoms with E-state index in [0.29, 0.717) is 44.6 Å². The highest BCUT2D eigenvalue weighted by atomic mass is 16.7. The summed E-state index contributed by atoms with van der Waals surface area (Å²) in [7, 11) is 0. The lowest BCUT2D eigenvalue weighted by Gasteiger charge is -2.34. The molecule has 0 N–H and O–H groups in total. The predicted molar refractivity (Wildman–Crippen MR) is 119 cm³/mol. The summed E-state index contributed by atoms with van der Waals surface area (Å²) in [6.45, 7) is 5.37. The van der Waals surface area contributed by atoms with Crippen molar-refractivity contribution in [3.8, 4) is 5.75 Å². The Morgan fingerprint density at radius 1 is 1.09 bits per heavy atom. The molecule has 0 atom stereocenters. The maximum atomic E-state index is 12.5. The van der Waals surface area contributed by atoms with Crippen LogP contribution in [-0.4, -0.2) is 63.2 Å². The summed E-state index contributed by atoms with van der Waals surface area (Å²) in [6.07, 6.45) is 7.45. The van der Waals surface area contributed by atoms with Crippen molar-refractivity contribution in [2.75, 3.05) is 19.6 Å². The molecule has 1 aromatic heterocycles. The third-order valence-electron chi connectivity index (χ3n) is 6.07. The number of carbonyl (C=O) groups excluding carboxylic acids is 3. The number of nitrogens with zero attached hydrogens (tertiary/aromatic N) is 4. The zero-order valence-electron chi connectivity index (χ0n) is 19.1. The number of imidazole rings is 1. The number of ether oxygens (including phenoxy) is 1. The van der Waals surface area contributed by atoms with E-state index in [2.05, 4.69) is 4.98 Å². The molecule has 4 rings (SSSR count). The number of rotatable bonds is 6. The van der Waals surface area contributed by atoms with Gasteiger partial charge in [0.2, 0.25) is 11.8 Å². The lowest BCUT2D eigenvalue weighted by atomic mass is 9.81. The number of piperidine rings is 2. The molecule has 2 aliphatic heterocycles. The van der Waals surface area contributed by atoms with Crippen LogP contribution in [0, 0.1) is 5.41 Å².